The number of hydrogen-bond donors (Lipinski definition) is 2. The molecule has 0 aliphatic carbocycles. The van der Waals surface area contributed by atoms with E-state index in [9.17, 15) is 0 Å². The molecule has 1 aliphatic rings. The molecule has 2 rings (SSSR count). The van der Waals surface area contributed by atoms with Crippen molar-refractivity contribution in [1.82, 2.24) is 5.32 Å². The van der Waals surface area contributed by atoms with E-state index in [1.54, 1.807) is 0 Å². The molecule has 106 valence electrons. The minimum absolute atomic E-state index is 0.0127. The molecule has 3 heteroatoms. The first kappa shape index (κ1) is 14.5. The van der Waals surface area contributed by atoms with Gasteiger partial charge in [0.2, 0.25) is 0 Å². The van der Waals surface area contributed by atoms with Crippen molar-refractivity contribution in [3.63, 3.8) is 0 Å². The minimum Gasteiger partial charge on any atom is -0.375 e. The Bertz CT molecular complexity index is 395. The Morgan fingerprint density at radius 3 is 2.68 bits per heavy atom. The third kappa shape index (κ3) is 3.56. The van der Waals surface area contributed by atoms with Crippen LogP contribution in [0, 0.1) is 0 Å². The van der Waals surface area contributed by atoms with Crippen LogP contribution in [0.1, 0.15) is 38.7 Å². The van der Waals surface area contributed by atoms with E-state index in [0.717, 1.165) is 32.4 Å². The van der Waals surface area contributed by atoms with Gasteiger partial charge in [0.05, 0.1) is 5.60 Å². The van der Waals surface area contributed by atoms with Gasteiger partial charge in [-0.3, -0.25) is 0 Å². The van der Waals surface area contributed by atoms with Crippen LogP contribution in [-0.2, 0) is 11.3 Å². The third-order valence-corrected chi connectivity index (χ3v) is 4.39. The molecule has 0 amide bonds. The third-order valence-electron chi connectivity index (χ3n) is 4.39. The van der Waals surface area contributed by atoms with Crippen molar-refractivity contribution < 1.29 is 4.74 Å². The van der Waals surface area contributed by atoms with Crippen LogP contribution in [0.2, 0.25) is 0 Å². The Labute approximate surface area is 116 Å². The lowest BCUT2D eigenvalue weighted by atomic mass is 9.79. The molecule has 2 atom stereocenters. The molecule has 1 saturated heterocycles. The Hall–Kier alpha value is -0.900. The molecule has 3 nitrogen and oxygen atoms in total. The highest BCUT2D eigenvalue weighted by atomic mass is 16.5. The first-order valence-corrected chi connectivity index (χ1v) is 7.24. The van der Waals surface area contributed by atoms with E-state index >= 15 is 0 Å². The fourth-order valence-electron chi connectivity index (χ4n) is 2.86. The van der Waals surface area contributed by atoms with Crippen LogP contribution in [-0.4, -0.2) is 24.3 Å². The van der Waals surface area contributed by atoms with E-state index in [1.165, 1.54) is 5.56 Å². The minimum atomic E-state index is -0.0404. The standard InChI is InChI=1S/C16H26N2O/c1-3-15(2)12-16(13-17,9-10-19-15)18-11-14-7-5-4-6-8-14/h4-8,18H,3,9-13,17H2,1-2H3. The zero-order valence-corrected chi connectivity index (χ0v) is 12.1. The SMILES string of the molecule is CCC1(C)CC(CN)(NCc2ccccc2)CCO1. The van der Waals surface area contributed by atoms with Gasteiger partial charge >= 0.3 is 0 Å². The largest absolute Gasteiger partial charge is 0.375 e. The van der Waals surface area contributed by atoms with Gasteiger partial charge in [-0.25, -0.2) is 0 Å². The molecule has 1 aromatic carbocycles. The van der Waals surface area contributed by atoms with Crippen molar-refractivity contribution in [3.05, 3.63) is 35.9 Å². The van der Waals surface area contributed by atoms with E-state index in [0.29, 0.717) is 6.54 Å². The van der Waals surface area contributed by atoms with Crippen molar-refractivity contribution in [2.45, 2.75) is 50.8 Å². The van der Waals surface area contributed by atoms with E-state index in [4.69, 9.17) is 10.5 Å². The number of ether oxygens (including phenoxy) is 1. The molecule has 2 unspecified atom stereocenters. The molecule has 0 spiro atoms. The first-order chi connectivity index (χ1) is 9.11. The number of rotatable bonds is 5. The van der Waals surface area contributed by atoms with E-state index in [2.05, 4.69) is 43.4 Å². The fraction of sp³-hybridized carbons (Fsp3) is 0.625. The van der Waals surface area contributed by atoms with Gasteiger partial charge in [0.1, 0.15) is 0 Å². The van der Waals surface area contributed by atoms with Crippen LogP contribution >= 0.6 is 0 Å². The molecular formula is C16H26N2O. The summed E-state index contributed by atoms with van der Waals surface area (Å²) in [5, 5.41) is 3.69. The van der Waals surface area contributed by atoms with Crippen LogP contribution in [0.5, 0.6) is 0 Å². The highest BCUT2D eigenvalue weighted by Crippen LogP contribution is 2.34. The first-order valence-electron chi connectivity index (χ1n) is 7.24. The maximum Gasteiger partial charge on any atom is 0.0670 e. The van der Waals surface area contributed by atoms with Crippen LogP contribution in [0.25, 0.3) is 0 Å². The van der Waals surface area contributed by atoms with Gasteiger partial charge in [-0.05, 0) is 31.7 Å². The second-order valence-electron chi connectivity index (χ2n) is 5.90. The maximum atomic E-state index is 6.06. The summed E-state index contributed by atoms with van der Waals surface area (Å²) in [5.74, 6) is 0. The van der Waals surface area contributed by atoms with Gasteiger partial charge in [0, 0.05) is 25.2 Å². The molecule has 0 saturated carbocycles. The van der Waals surface area contributed by atoms with Gasteiger partial charge in [-0.1, -0.05) is 37.3 Å². The lowest BCUT2D eigenvalue weighted by Crippen LogP contribution is -2.59. The smallest absolute Gasteiger partial charge is 0.0670 e. The molecule has 1 aromatic rings. The number of nitrogens with one attached hydrogen (secondary N) is 1. The summed E-state index contributed by atoms with van der Waals surface area (Å²) >= 11 is 0. The second kappa shape index (κ2) is 6.04. The lowest BCUT2D eigenvalue weighted by Gasteiger charge is -2.46. The van der Waals surface area contributed by atoms with Crippen molar-refractivity contribution in [2.75, 3.05) is 13.2 Å². The summed E-state index contributed by atoms with van der Waals surface area (Å²) in [4.78, 5) is 0. The molecule has 0 bridgehead atoms. The summed E-state index contributed by atoms with van der Waals surface area (Å²) < 4.78 is 5.93. The molecule has 1 aliphatic heterocycles. The summed E-state index contributed by atoms with van der Waals surface area (Å²) in [5.41, 5.74) is 7.34. The summed E-state index contributed by atoms with van der Waals surface area (Å²) in [7, 11) is 0. The number of nitrogens with two attached hydrogens (primary N) is 1. The summed E-state index contributed by atoms with van der Waals surface area (Å²) in [6.07, 6.45) is 3.01. The van der Waals surface area contributed by atoms with Gasteiger partial charge in [0.15, 0.2) is 0 Å². The number of benzene rings is 1. The van der Waals surface area contributed by atoms with Crippen LogP contribution < -0.4 is 11.1 Å². The monoisotopic (exact) mass is 262 g/mol. The molecule has 0 radical (unpaired) electrons. The Balaban J connectivity index is 2.02. The maximum absolute atomic E-state index is 6.06. The summed E-state index contributed by atoms with van der Waals surface area (Å²) in [6, 6.07) is 10.5. The molecule has 1 heterocycles. The van der Waals surface area contributed by atoms with E-state index in [-0.39, 0.29) is 11.1 Å². The van der Waals surface area contributed by atoms with Crippen LogP contribution in [0.4, 0.5) is 0 Å². The molecule has 1 fully saturated rings. The Kier molecular flexibility index (Phi) is 4.61. The van der Waals surface area contributed by atoms with Gasteiger partial charge in [0.25, 0.3) is 0 Å². The Morgan fingerprint density at radius 1 is 1.32 bits per heavy atom. The van der Waals surface area contributed by atoms with Crippen LogP contribution in [0.15, 0.2) is 30.3 Å². The highest BCUT2D eigenvalue weighted by Gasteiger charge is 2.41. The topological polar surface area (TPSA) is 47.3 Å². The highest BCUT2D eigenvalue weighted by molar-refractivity contribution is 5.15. The Morgan fingerprint density at radius 2 is 2.05 bits per heavy atom. The van der Waals surface area contributed by atoms with E-state index < -0.39 is 0 Å². The molecule has 3 N–H and O–H groups in total. The predicted octanol–water partition coefficient (Wildman–Crippen LogP) is 2.45. The van der Waals surface area contributed by atoms with Gasteiger partial charge < -0.3 is 15.8 Å². The predicted molar refractivity (Wildman–Crippen MR) is 78.9 cm³/mol. The zero-order chi connectivity index (χ0) is 13.8. The van der Waals surface area contributed by atoms with Crippen molar-refractivity contribution >= 4 is 0 Å². The lowest BCUT2D eigenvalue weighted by molar-refractivity contribution is -0.0998. The summed E-state index contributed by atoms with van der Waals surface area (Å²) in [6.45, 7) is 6.71. The quantitative estimate of drug-likeness (QED) is 0.857. The van der Waals surface area contributed by atoms with Gasteiger partial charge in [-0.2, -0.15) is 0 Å². The molecule has 19 heavy (non-hydrogen) atoms. The number of hydrogen-bond acceptors (Lipinski definition) is 3. The average molecular weight is 262 g/mol. The van der Waals surface area contributed by atoms with Crippen molar-refractivity contribution in [1.29, 1.82) is 0 Å². The van der Waals surface area contributed by atoms with Crippen molar-refractivity contribution in [2.24, 2.45) is 5.73 Å². The molecular weight excluding hydrogens is 236 g/mol. The zero-order valence-electron chi connectivity index (χ0n) is 12.1. The average Bonchev–Trinajstić information content (AvgIpc) is 2.46. The van der Waals surface area contributed by atoms with E-state index in [1.807, 2.05) is 6.07 Å². The van der Waals surface area contributed by atoms with Crippen LogP contribution in [0.3, 0.4) is 0 Å². The van der Waals surface area contributed by atoms with Gasteiger partial charge in [-0.15, -0.1) is 0 Å². The van der Waals surface area contributed by atoms with Crippen molar-refractivity contribution in [3.8, 4) is 0 Å². The normalized spacial score (nSPS) is 31.3. The molecule has 0 aromatic heterocycles. The second-order valence-corrected chi connectivity index (χ2v) is 5.90. The fourth-order valence-corrected chi connectivity index (χ4v) is 2.86.